The monoisotopic (exact) mass is 291 g/mol. The van der Waals surface area contributed by atoms with E-state index in [1.165, 1.54) is 15.3 Å². The molecule has 108 valence electrons. The fraction of sp³-hybridized carbons (Fsp3) is 0.375. The summed E-state index contributed by atoms with van der Waals surface area (Å²) in [5.74, 6) is 1.53. The van der Waals surface area contributed by atoms with Gasteiger partial charge >= 0.3 is 0 Å². The first-order valence-electron chi connectivity index (χ1n) is 6.64. The molecule has 0 saturated heterocycles. The van der Waals surface area contributed by atoms with Crippen LogP contribution in [0.25, 0.3) is 0 Å². The van der Waals surface area contributed by atoms with Crippen LogP contribution >= 0.6 is 11.3 Å². The molecule has 0 fully saturated rings. The SMILES string of the molecule is COc1ccc(CNC(C)c2ccc(C)s2)cc1OC. The molecule has 0 spiro atoms. The summed E-state index contributed by atoms with van der Waals surface area (Å²) in [6.45, 7) is 5.12. The maximum absolute atomic E-state index is 5.32. The zero-order valence-electron chi connectivity index (χ0n) is 12.4. The average molecular weight is 291 g/mol. The first-order valence-corrected chi connectivity index (χ1v) is 7.46. The van der Waals surface area contributed by atoms with Gasteiger partial charge < -0.3 is 14.8 Å². The number of ether oxygens (including phenoxy) is 2. The van der Waals surface area contributed by atoms with Crippen LogP contribution in [0.2, 0.25) is 0 Å². The number of thiophene rings is 1. The van der Waals surface area contributed by atoms with Crippen molar-refractivity contribution in [2.45, 2.75) is 26.4 Å². The van der Waals surface area contributed by atoms with E-state index in [4.69, 9.17) is 9.47 Å². The van der Waals surface area contributed by atoms with E-state index in [0.29, 0.717) is 6.04 Å². The third-order valence-corrected chi connectivity index (χ3v) is 4.43. The number of hydrogen-bond acceptors (Lipinski definition) is 4. The van der Waals surface area contributed by atoms with Crippen LogP contribution in [0, 0.1) is 6.92 Å². The molecule has 20 heavy (non-hydrogen) atoms. The Bertz CT molecular complexity index is 565. The fourth-order valence-electron chi connectivity index (χ4n) is 2.05. The van der Waals surface area contributed by atoms with Crippen molar-refractivity contribution >= 4 is 11.3 Å². The van der Waals surface area contributed by atoms with E-state index >= 15 is 0 Å². The number of hydrogen-bond donors (Lipinski definition) is 1. The molecule has 1 heterocycles. The summed E-state index contributed by atoms with van der Waals surface area (Å²) >= 11 is 1.84. The molecule has 1 N–H and O–H groups in total. The van der Waals surface area contributed by atoms with E-state index in [1.807, 2.05) is 23.5 Å². The van der Waals surface area contributed by atoms with Crippen LogP contribution in [0.1, 0.15) is 28.3 Å². The minimum Gasteiger partial charge on any atom is -0.493 e. The smallest absolute Gasteiger partial charge is 0.161 e. The van der Waals surface area contributed by atoms with Gasteiger partial charge in [-0.3, -0.25) is 0 Å². The summed E-state index contributed by atoms with van der Waals surface area (Å²) in [6.07, 6.45) is 0. The summed E-state index contributed by atoms with van der Waals surface area (Å²) in [5.41, 5.74) is 1.18. The molecule has 3 nitrogen and oxygen atoms in total. The van der Waals surface area contributed by atoms with Crippen molar-refractivity contribution in [2.75, 3.05) is 14.2 Å². The molecule has 1 aromatic heterocycles. The second-order valence-electron chi connectivity index (χ2n) is 4.74. The molecule has 0 bridgehead atoms. The number of aryl methyl sites for hydroxylation is 1. The summed E-state index contributed by atoms with van der Waals surface area (Å²) in [4.78, 5) is 2.71. The van der Waals surface area contributed by atoms with Crippen molar-refractivity contribution in [3.05, 3.63) is 45.6 Å². The van der Waals surface area contributed by atoms with Crippen LogP contribution in [0.5, 0.6) is 11.5 Å². The van der Waals surface area contributed by atoms with Gasteiger partial charge in [0.2, 0.25) is 0 Å². The normalized spacial score (nSPS) is 12.2. The van der Waals surface area contributed by atoms with Gasteiger partial charge in [0, 0.05) is 22.3 Å². The van der Waals surface area contributed by atoms with Gasteiger partial charge in [0.15, 0.2) is 11.5 Å². The van der Waals surface area contributed by atoms with Crippen LogP contribution in [0.4, 0.5) is 0 Å². The van der Waals surface area contributed by atoms with Gasteiger partial charge in [-0.1, -0.05) is 6.07 Å². The Labute approximate surface area is 124 Å². The molecule has 0 saturated carbocycles. The highest BCUT2D eigenvalue weighted by Crippen LogP contribution is 2.28. The second-order valence-corrected chi connectivity index (χ2v) is 6.06. The van der Waals surface area contributed by atoms with E-state index in [-0.39, 0.29) is 0 Å². The van der Waals surface area contributed by atoms with Gasteiger partial charge in [-0.25, -0.2) is 0 Å². The highest BCUT2D eigenvalue weighted by molar-refractivity contribution is 7.12. The molecule has 1 aromatic carbocycles. The maximum atomic E-state index is 5.32. The second kappa shape index (κ2) is 6.77. The highest BCUT2D eigenvalue weighted by atomic mass is 32.1. The molecule has 2 aromatic rings. The summed E-state index contributed by atoms with van der Waals surface area (Å²) in [5, 5.41) is 3.53. The quantitative estimate of drug-likeness (QED) is 0.875. The third kappa shape index (κ3) is 3.52. The van der Waals surface area contributed by atoms with Gasteiger partial charge in [-0.05, 0) is 43.7 Å². The Morgan fingerprint density at radius 3 is 2.45 bits per heavy atom. The largest absolute Gasteiger partial charge is 0.493 e. The molecular weight excluding hydrogens is 270 g/mol. The molecule has 0 amide bonds. The predicted octanol–water partition coefficient (Wildman–Crippen LogP) is 3.92. The third-order valence-electron chi connectivity index (χ3n) is 3.25. The minimum atomic E-state index is 0.349. The first kappa shape index (κ1) is 14.9. The lowest BCUT2D eigenvalue weighted by Gasteiger charge is -2.14. The van der Waals surface area contributed by atoms with Crippen LogP contribution in [-0.4, -0.2) is 14.2 Å². The van der Waals surface area contributed by atoms with E-state index in [9.17, 15) is 0 Å². The van der Waals surface area contributed by atoms with Crippen molar-refractivity contribution in [1.82, 2.24) is 5.32 Å². The van der Waals surface area contributed by atoms with E-state index in [1.54, 1.807) is 14.2 Å². The van der Waals surface area contributed by atoms with Crippen molar-refractivity contribution in [2.24, 2.45) is 0 Å². The fourth-order valence-corrected chi connectivity index (χ4v) is 2.95. The zero-order valence-corrected chi connectivity index (χ0v) is 13.2. The van der Waals surface area contributed by atoms with E-state index in [0.717, 1.165) is 18.0 Å². The number of nitrogens with one attached hydrogen (secondary N) is 1. The minimum absolute atomic E-state index is 0.349. The van der Waals surface area contributed by atoms with Gasteiger partial charge in [0.05, 0.1) is 14.2 Å². The van der Waals surface area contributed by atoms with Crippen molar-refractivity contribution < 1.29 is 9.47 Å². The number of benzene rings is 1. The summed E-state index contributed by atoms with van der Waals surface area (Å²) in [6, 6.07) is 10.7. The molecule has 1 atom stereocenters. The van der Waals surface area contributed by atoms with Crippen molar-refractivity contribution in [1.29, 1.82) is 0 Å². The van der Waals surface area contributed by atoms with Gasteiger partial charge in [-0.15, -0.1) is 11.3 Å². The van der Waals surface area contributed by atoms with Gasteiger partial charge in [0.25, 0.3) is 0 Å². The first-order chi connectivity index (χ1) is 9.63. The van der Waals surface area contributed by atoms with Crippen LogP contribution < -0.4 is 14.8 Å². The number of methoxy groups -OCH3 is 2. The average Bonchev–Trinajstić information content (AvgIpc) is 2.91. The zero-order chi connectivity index (χ0) is 14.5. The summed E-state index contributed by atoms with van der Waals surface area (Å²) < 4.78 is 10.6. The summed E-state index contributed by atoms with van der Waals surface area (Å²) in [7, 11) is 3.31. The van der Waals surface area contributed by atoms with Gasteiger partial charge in [-0.2, -0.15) is 0 Å². The lowest BCUT2D eigenvalue weighted by atomic mass is 10.2. The van der Waals surface area contributed by atoms with Crippen LogP contribution in [0.15, 0.2) is 30.3 Å². The molecule has 4 heteroatoms. The van der Waals surface area contributed by atoms with Crippen molar-refractivity contribution in [3.63, 3.8) is 0 Å². The van der Waals surface area contributed by atoms with Gasteiger partial charge in [0.1, 0.15) is 0 Å². The molecule has 0 aliphatic heterocycles. The Balaban J connectivity index is 2.00. The van der Waals surface area contributed by atoms with E-state index in [2.05, 4.69) is 37.4 Å². The van der Waals surface area contributed by atoms with Crippen LogP contribution in [-0.2, 0) is 6.54 Å². The standard InChI is InChI=1S/C16H21NO2S/c1-11-5-8-16(20-11)12(2)17-10-13-6-7-14(18-3)15(9-13)19-4/h5-9,12,17H,10H2,1-4H3. The lowest BCUT2D eigenvalue weighted by Crippen LogP contribution is -2.17. The van der Waals surface area contributed by atoms with E-state index < -0.39 is 0 Å². The van der Waals surface area contributed by atoms with Crippen molar-refractivity contribution in [3.8, 4) is 11.5 Å². The topological polar surface area (TPSA) is 30.5 Å². The molecule has 1 unspecified atom stereocenters. The lowest BCUT2D eigenvalue weighted by molar-refractivity contribution is 0.354. The molecule has 2 rings (SSSR count). The maximum Gasteiger partial charge on any atom is 0.161 e. The molecule has 0 aliphatic carbocycles. The van der Waals surface area contributed by atoms with Crippen LogP contribution in [0.3, 0.4) is 0 Å². The highest BCUT2D eigenvalue weighted by Gasteiger charge is 2.08. The molecule has 0 radical (unpaired) electrons. The Morgan fingerprint density at radius 2 is 1.85 bits per heavy atom. The molecule has 0 aliphatic rings. The predicted molar refractivity (Wildman–Crippen MR) is 83.9 cm³/mol. The Hall–Kier alpha value is -1.52. The Morgan fingerprint density at radius 1 is 1.10 bits per heavy atom. The number of rotatable bonds is 6. The molecular formula is C16H21NO2S. The Kier molecular flexibility index (Phi) is 5.04.